The predicted octanol–water partition coefficient (Wildman–Crippen LogP) is 22.2. The molecule has 0 fully saturated rings. The summed E-state index contributed by atoms with van der Waals surface area (Å²) in [7, 11) is 0. The van der Waals surface area contributed by atoms with Crippen LogP contribution < -0.4 is 4.90 Å². The third kappa shape index (κ3) is 10.9. The lowest BCUT2D eigenvalue weighted by atomic mass is 9.94. The van der Waals surface area contributed by atoms with E-state index < -0.39 is 0 Å². The van der Waals surface area contributed by atoms with Gasteiger partial charge in [-0.25, -0.2) is 0 Å². The van der Waals surface area contributed by atoms with Crippen molar-refractivity contribution in [1.29, 1.82) is 0 Å². The Morgan fingerprint density at radius 1 is 0.537 bits per heavy atom. The predicted molar refractivity (Wildman–Crippen MR) is 355 cm³/mol. The largest absolute Gasteiger partial charge is 0.312 e. The fourth-order valence-corrected chi connectivity index (χ4v) is 12.5. The molecule has 82 heavy (non-hydrogen) atoms. The zero-order chi connectivity index (χ0) is 55.8. The van der Waals surface area contributed by atoms with Crippen molar-refractivity contribution in [3.8, 4) is 27.9 Å². The van der Waals surface area contributed by atoms with Crippen molar-refractivity contribution in [3.63, 3.8) is 0 Å². The number of hydrogen-bond acceptors (Lipinski definition) is 1. The minimum absolute atomic E-state index is 0.766. The summed E-state index contributed by atoms with van der Waals surface area (Å²) in [4.78, 5) is 2.65. The highest BCUT2D eigenvalue weighted by Crippen LogP contribution is 2.51. The molecule has 0 radical (unpaired) electrons. The summed E-state index contributed by atoms with van der Waals surface area (Å²) in [5.41, 5.74) is 27.1. The molecular weight excluding hydrogens is 989 g/mol. The van der Waals surface area contributed by atoms with Crippen LogP contribution in [0.3, 0.4) is 0 Å². The fourth-order valence-electron chi connectivity index (χ4n) is 12.5. The maximum Gasteiger partial charge on any atom is 0.0619 e. The summed E-state index contributed by atoms with van der Waals surface area (Å²) in [6.07, 6.45) is 39.7. The standard InChI is InChI=1S/C80H72N2/c1-5-9-10-16-30-57-49-68(62-35-21-13-22-36-62)51-71(50-57)82-78(74(64-37-23-14-24-38-64)52-58(8-4)60-31-17-11-18-32-60)56-67-41-27-42-72(79(67)82)66-45-48-73-76-54-69(59(28-6-2)29-7-3)53-75(65-39-25-15-26-40-65)80(76)81(77(73)55-66)70-46-43-63(44-47-70)61-33-19-12-20-34-61/h5-6,9-11,14-19,21,23-29,31-55H,7-8,12-13,20,22,30,56H2,1-4H3/b9-5-,16-10-,28-6-,58-52+,59-29+,78-74-. The van der Waals surface area contributed by atoms with Gasteiger partial charge >= 0.3 is 0 Å². The molecule has 12 rings (SSSR count). The molecule has 0 spiro atoms. The molecule has 0 N–H and O–H groups in total. The van der Waals surface area contributed by atoms with Crippen LogP contribution in [0.5, 0.6) is 0 Å². The normalized spacial score (nSPS) is 15.4. The maximum atomic E-state index is 2.65. The second kappa shape index (κ2) is 24.6. The Morgan fingerprint density at radius 3 is 1.93 bits per heavy atom. The minimum Gasteiger partial charge on any atom is -0.312 e. The Hall–Kier alpha value is -9.24. The maximum absolute atomic E-state index is 2.65. The SMILES string of the molecule is C/C=C\C=C/Cc1cc(C2=CCCC=C2)cc(N2/C(=C(/C=C(\CC)c3ccccc3)c3ccccc3)Cc3cccc(-c4ccc5c6cc(C(/C=C\C)=C/CC)cc(-c7ccccc7)c6n(-c6ccc(C7=CCCC=C7)cc6)c5c4)c32)c1. The van der Waals surface area contributed by atoms with Gasteiger partial charge in [-0.15, -0.1) is 0 Å². The molecule has 402 valence electrons. The van der Waals surface area contributed by atoms with E-state index in [1.807, 2.05) is 0 Å². The lowest BCUT2D eigenvalue weighted by Gasteiger charge is -2.28. The molecule has 2 aliphatic carbocycles. The zero-order valence-corrected chi connectivity index (χ0v) is 48.0. The molecule has 0 atom stereocenters. The van der Waals surface area contributed by atoms with Crippen molar-refractivity contribution in [3.05, 3.63) is 312 Å². The van der Waals surface area contributed by atoms with E-state index in [2.05, 4.69) is 304 Å². The first-order valence-electron chi connectivity index (χ1n) is 29.8. The Balaban J connectivity index is 1.14. The van der Waals surface area contributed by atoms with Crippen LogP contribution in [0, 0.1) is 0 Å². The molecule has 1 aliphatic heterocycles. The Morgan fingerprint density at radius 2 is 1.24 bits per heavy atom. The van der Waals surface area contributed by atoms with Gasteiger partial charge in [-0.2, -0.15) is 0 Å². The molecule has 0 bridgehead atoms. The van der Waals surface area contributed by atoms with Gasteiger partial charge in [0.25, 0.3) is 0 Å². The van der Waals surface area contributed by atoms with Crippen LogP contribution in [0.25, 0.3) is 77.6 Å². The molecule has 2 heterocycles. The van der Waals surface area contributed by atoms with Crippen LogP contribution in [-0.2, 0) is 12.8 Å². The van der Waals surface area contributed by atoms with Crippen LogP contribution in [0.2, 0.25) is 0 Å². The number of allylic oxidation sites excluding steroid dienone is 20. The summed E-state index contributed by atoms with van der Waals surface area (Å²) in [5, 5.41) is 2.46. The van der Waals surface area contributed by atoms with Gasteiger partial charge in [-0.1, -0.05) is 232 Å². The third-order valence-electron chi connectivity index (χ3n) is 16.4. The summed E-state index contributed by atoms with van der Waals surface area (Å²) in [5.74, 6) is 0. The molecule has 3 aliphatic rings. The number of benzene rings is 8. The second-order valence-corrected chi connectivity index (χ2v) is 21.7. The number of rotatable bonds is 16. The monoisotopic (exact) mass is 1060 g/mol. The van der Waals surface area contributed by atoms with Crippen molar-refractivity contribution in [1.82, 2.24) is 4.57 Å². The smallest absolute Gasteiger partial charge is 0.0619 e. The van der Waals surface area contributed by atoms with Crippen LogP contribution in [0.1, 0.15) is 105 Å². The average molecular weight is 1060 g/mol. The first-order chi connectivity index (χ1) is 40.5. The van der Waals surface area contributed by atoms with E-state index >= 15 is 0 Å². The third-order valence-corrected chi connectivity index (χ3v) is 16.4. The van der Waals surface area contributed by atoms with Gasteiger partial charge in [0.15, 0.2) is 0 Å². The van der Waals surface area contributed by atoms with E-state index in [9.17, 15) is 0 Å². The summed E-state index contributed by atoms with van der Waals surface area (Å²) in [6.45, 7) is 8.72. The van der Waals surface area contributed by atoms with Crippen molar-refractivity contribution in [2.24, 2.45) is 0 Å². The van der Waals surface area contributed by atoms with E-state index in [-0.39, 0.29) is 0 Å². The Bertz CT molecular complexity index is 4140. The number of fused-ring (bicyclic) bond motifs is 4. The van der Waals surface area contributed by atoms with Gasteiger partial charge in [0.2, 0.25) is 0 Å². The minimum atomic E-state index is 0.766. The van der Waals surface area contributed by atoms with E-state index in [4.69, 9.17) is 0 Å². The van der Waals surface area contributed by atoms with Crippen molar-refractivity contribution < 1.29 is 0 Å². The highest BCUT2D eigenvalue weighted by Gasteiger charge is 2.32. The van der Waals surface area contributed by atoms with Crippen molar-refractivity contribution in [2.75, 3.05) is 4.90 Å². The molecule has 0 saturated carbocycles. The first kappa shape index (κ1) is 53.4. The van der Waals surface area contributed by atoms with Gasteiger partial charge in [0.05, 0.1) is 16.7 Å². The van der Waals surface area contributed by atoms with E-state index in [0.717, 1.165) is 57.1 Å². The highest BCUT2D eigenvalue weighted by atomic mass is 15.2. The summed E-state index contributed by atoms with van der Waals surface area (Å²) < 4.78 is 2.55. The second-order valence-electron chi connectivity index (χ2n) is 21.7. The number of anilines is 2. The molecule has 2 heteroatoms. The summed E-state index contributed by atoms with van der Waals surface area (Å²) in [6, 6.07) is 68.9. The molecule has 0 unspecified atom stereocenters. The molecule has 8 aromatic carbocycles. The lowest BCUT2D eigenvalue weighted by Crippen LogP contribution is -2.15. The summed E-state index contributed by atoms with van der Waals surface area (Å²) >= 11 is 0. The van der Waals surface area contributed by atoms with Crippen LogP contribution in [0.15, 0.2) is 273 Å². The van der Waals surface area contributed by atoms with Crippen molar-refractivity contribution >= 4 is 61.0 Å². The Labute approximate surface area is 486 Å². The molecule has 0 saturated heterocycles. The van der Waals surface area contributed by atoms with Gasteiger partial charge in [0.1, 0.15) is 0 Å². The highest BCUT2D eigenvalue weighted by molar-refractivity contribution is 6.16. The van der Waals surface area contributed by atoms with Gasteiger partial charge in [-0.3, -0.25) is 0 Å². The fraction of sp³-hybridized carbons (Fsp3) is 0.150. The van der Waals surface area contributed by atoms with E-state index in [1.54, 1.807) is 0 Å². The molecule has 2 nitrogen and oxygen atoms in total. The number of nitrogens with zero attached hydrogens (tertiary/aromatic N) is 2. The molecule has 9 aromatic rings. The molecule has 1 aromatic heterocycles. The number of aromatic nitrogens is 1. The topological polar surface area (TPSA) is 8.17 Å². The Kier molecular flexibility index (Phi) is 16.0. The number of hydrogen-bond donors (Lipinski definition) is 0. The van der Waals surface area contributed by atoms with E-state index in [0.29, 0.717) is 0 Å². The van der Waals surface area contributed by atoms with Gasteiger partial charge in [-0.05, 0) is 180 Å². The van der Waals surface area contributed by atoms with Crippen LogP contribution >= 0.6 is 0 Å². The zero-order valence-electron chi connectivity index (χ0n) is 48.0. The van der Waals surface area contributed by atoms with E-state index in [1.165, 1.54) is 128 Å². The van der Waals surface area contributed by atoms with Crippen LogP contribution in [-0.4, -0.2) is 4.57 Å². The first-order valence-corrected chi connectivity index (χ1v) is 29.8. The van der Waals surface area contributed by atoms with Crippen LogP contribution in [0.4, 0.5) is 11.4 Å². The van der Waals surface area contributed by atoms with Crippen molar-refractivity contribution in [2.45, 2.75) is 79.1 Å². The number of para-hydroxylation sites is 1. The lowest BCUT2D eigenvalue weighted by molar-refractivity contribution is 1.04. The van der Waals surface area contributed by atoms with Gasteiger partial charge in [0, 0.05) is 51.0 Å². The molecular formula is C80H72N2. The quantitative estimate of drug-likeness (QED) is 0.0876. The average Bonchev–Trinajstić information content (AvgIpc) is 4.03. The molecule has 0 amide bonds. The van der Waals surface area contributed by atoms with Gasteiger partial charge < -0.3 is 9.47 Å².